The molecule has 0 aromatic carbocycles. The van der Waals surface area contributed by atoms with Crippen molar-refractivity contribution in [2.45, 2.75) is 45.2 Å². The van der Waals surface area contributed by atoms with E-state index in [0.29, 0.717) is 5.92 Å². The molecule has 21 heavy (non-hydrogen) atoms. The number of hydrogen-bond acceptors (Lipinski definition) is 4. The van der Waals surface area contributed by atoms with Crippen molar-refractivity contribution in [2.24, 2.45) is 0 Å². The van der Waals surface area contributed by atoms with Crippen LogP contribution in [-0.2, 0) is 19.5 Å². The van der Waals surface area contributed by atoms with Crippen molar-refractivity contribution in [1.29, 1.82) is 0 Å². The Kier molecular flexibility index (Phi) is 3.19. The molecule has 0 amide bonds. The number of fused-ring (bicyclic) bond motifs is 1. The molecule has 2 aromatic rings. The molecule has 0 unspecified atom stereocenters. The van der Waals surface area contributed by atoms with Gasteiger partial charge in [0.25, 0.3) is 5.56 Å². The van der Waals surface area contributed by atoms with Crippen molar-refractivity contribution in [3.63, 3.8) is 0 Å². The number of aryl methyl sites for hydroxylation is 1. The van der Waals surface area contributed by atoms with Crippen LogP contribution in [0.25, 0.3) is 0 Å². The van der Waals surface area contributed by atoms with Gasteiger partial charge in [0, 0.05) is 36.9 Å². The van der Waals surface area contributed by atoms with Gasteiger partial charge in [-0.25, -0.2) is 4.98 Å². The Hall–Kier alpha value is -1.46. The van der Waals surface area contributed by atoms with Gasteiger partial charge >= 0.3 is 0 Å². The quantitative estimate of drug-likeness (QED) is 0.948. The summed E-state index contributed by atoms with van der Waals surface area (Å²) in [5.41, 5.74) is 3.33. The van der Waals surface area contributed by atoms with Gasteiger partial charge in [0.15, 0.2) is 0 Å². The number of aromatic amines is 1. The van der Waals surface area contributed by atoms with Gasteiger partial charge in [0.2, 0.25) is 0 Å². The first-order valence-electron chi connectivity index (χ1n) is 7.58. The first-order valence-corrected chi connectivity index (χ1v) is 8.46. The number of nitrogens with zero attached hydrogens (tertiary/aromatic N) is 2. The number of hydrogen-bond donors (Lipinski definition) is 1. The van der Waals surface area contributed by atoms with E-state index in [1.54, 1.807) is 11.3 Å². The van der Waals surface area contributed by atoms with Gasteiger partial charge in [0.05, 0.1) is 11.3 Å². The Morgan fingerprint density at radius 1 is 1.48 bits per heavy atom. The van der Waals surface area contributed by atoms with Crippen LogP contribution in [0.1, 0.15) is 46.3 Å². The van der Waals surface area contributed by atoms with E-state index in [1.807, 2.05) is 0 Å². The fourth-order valence-electron chi connectivity index (χ4n) is 2.95. The molecule has 0 saturated heterocycles. The summed E-state index contributed by atoms with van der Waals surface area (Å²) in [4.78, 5) is 23.8. The van der Waals surface area contributed by atoms with Crippen LogP contribution < -0.4 is 5.56 Å². The molecule has 1 aliphatic carbocycles. The topological polar surface area (TPSA) is 49.0 Å². The molecule has 1 fully saturated rings. The average molecular weight is 301 g/mol. The molecule has 0 radical (unpaired) electrons. The predicted molar refractivity (Wildman–Crippen MR) is 83.7 cm³/mol. The van der Waals surface area contributed by atoms with Crippen LogP contribution in [0.15, 0.2) is 16.2 Å². The maximum absolute atomic E-state index is 12.3. The lowest BCUT2D eigenvalue weighted by atomic mass is 10.1. The molecule has 0 atom stereocenters. The molecule has 3 heterocycles. The Balaban J connectivity index is 1.57. The van der Waals surface area contributed by atoms with Crippen LogP contribution in [0.2, 0.25) is 0 Å². The largest absolute Gasteiger partial charge is 0.310 e. The normalized spacial score (nSPS) is 18.7. The molecule has 0 bridgehead atoms. The minimum atomic E-state index is 0.0782. The molecule has 0 spiro atoms. The summed E-state index contributed by atoms with van der Waals surface area (Å²) in [5.74, 6) is 1.43. The first kappa shape index (κ1) is 13.2. The number of rotatable bonds is 3. The Bertz CT molecular complexity index is 729. The third-order valence-corrected chi connectivity index (χ3v) is 5.47. The summed E-state index contributed by atoms with van der Waals surface area (Å²) in [6.07, 6.45) is 3.24. The van der Waals surface area contributed by atoms with E-state index in [2.05, 4.69) is 28.3 Å². The second-order valence-electron chi connectivity index (χ2n) is 6.14. The molecule has 2 aliphatic rings. The minimum Gasteiger partial charge on any atom is -0.310 e. The van der Waals surface area contributed by atoms with Crippen molar-refractivity contribution < 1.29 is 0 Å². The molecular weight excluding hydrogens is 282 g/mol. The monoisotopic (exact) mass is 301 g/mol. The van der Waals surface area contributed by atoms with Crippen LogP contribution in [0.3, 0.4) is 0 Å². The van der Waals surface area contributed by atoms with Gasteiger partial charge < -0.3 is 4.98 Å². The van der Waals surface area contributed by atoms with Gasteiger partial charge in [-0.15, -0.1) is 11.3 Å². The van der Waals surface area contributed by atoms with Crippen molar-refractivity contribution in [1.82, 2.24) is 14.9 Å². The predicted octanol–water partition coefficient (Wildman–Crippen LogP) is 2.58. The average Bonchev–Trinajstić information content (AvgIpc) is 3.25. The zero-order valence-electron chi connectivity index (χ0n) is 12.2. The van der Waals surface area contributed by atoms with Crippen LogP contribution >= 0.6 is 11.3 Å². The smallest absolute Gasteiger partial charge is 0.255 e. The highest BCUT2D eigenvalue weighted by molar-refractivity contribution is 7.10. The second kappa shape index (κ2) is 5.07. The van der Waals surface area contributed by atoms with Crippen LogP contribution in [0.4, 0.5) is 0 Å². The lowest BCUT2D eigenvalue weighted by Gasteiger charge is -2.27. The molecular formula is C16H19N3OS. The highest BCUT2D eigenvalue weighted by atomic mass is 32.1. The van der Waals surface area contributed by atoms with Gasteiger partial charge in [-0.05, 0) is 36.8 Å². The van der Waals surface area contributed by atoms with Gasteiger partial charge in [0.1, 0.15) is 5.82 Å². The van der Waals surface area contributed by atoms with Crippen molar-refractivity contribution in [2.75, 3.05) is 6.54 Å². The molecule has 1 N–H and O–H groups in total. The summed E-state index contributed by atoms with van der Waals surface area (Å²) in [6, 6.07) is 2.16. The van der Waals surface area contributed by atoms with E-state index in [-0.39, 0.29) is 5.56 Å². The fourth-order valence-corrected chi connectivity index (χ4v) is 3.90. The third-order valence-electron chi connectivity index (χ3n) is 4.47. The van der Waals surface area contributed by atoms with Crippen LogP contribution in [0.5, 0.6) is 0 Å². The molecule has 2 aromatic heterocycles. The van der Waals surface area contributed by atoms with Gasteiger partial charge in [-0.3, -0.25) is 9.69 Å². The summed E-state index contributed by atoms with van der Waals surface area (Å²) in [5, 5.41) is 2.14. The maximum Gasteiger partial charge on any atom is 0.255 e. The lowest BCUT2D eigenvalue weighted by Crippen LogP contribution is -2.35. The molecule has 110 valence electrons. The number of H-pyrrole nitrogens is 1. The van der Waals surface area contributed by atoms with E-state index in [0.717, 1.165) is 43.1 Å². The van der Waals surface area contributed by atoms with E-state index >= 15 is 0 Å². The minimum absolute atomic E-state index is 0.0782. The maximum atomic E-state index is 12.3. The number of aromatic nitrogens is 2. The van der Waals surface area contributed by atoms with E-state index in [9.17, 15) is 4.79 Å². The van der Waals surface area contributed by atoms with Crippen LogP contribution in [-0.4, -0.2) is 21.4 Å². The molecule has 1 saturated carbocycles. The van der Waals surface area contributed by atoms with Crippen molar-refractivity contribution in [3.8, 4) is 0 Å². The second-order valence-corrected chi connectivity index (χ2v) is 7.14. The number of nitrogens with one attached hydrogen (secondary N) is 1. The summed E-state index contributed by atoms with van der Waals surface area (Å²) in [6.45, 7) is 4.80. The molecule has 4 rings (SSSR count). The van der Waals surface area contributed by atoms with Gasteiger partial charge in [-0.2, -0.15) is 0 Å². The Labute approximate surface area is 127 Å². The highest BCUT2D eigenvalue weighted by Crippen LogP contribution is 2.37. The number of thiophene rings is 1. The summed E-state index contributed by atoms with van der Waals surface area (Å²) >= 11 is 1.80. The molecule has 1 aliphatic heterocycles. The fraction of sp³-hybridized carbons (Fsp3) is 0.500. The zero-order chi connectivity index (χ0) is 14.4. The highest BCUT2D eigenvalue weighted by Gasteiger charge is 2.29. The lowest BCUT2D eigenvalue weighted by molar-refractivity contribution is 0.243. The molecule has 4 nitrogen and oxygen atoms in total. The standard InChI is InChI=1S/C16H19N3OS/c1-10-5-7-21-14(10)9-19-6-4-13-12(8-19)16(20)18-15(17-13)11-2-3-11/h5,7,11H,2-4,6,8-9H2,1H3,(H,17,18,20). The van der Waals surface area contributed by atoms with E-state index in [1.165, 1.54) is 23.3 Å². The van der Waals surface area contributed by atoms with Crippen LogP contribution in [0, 0.1) is 6.92 Å². The molecule has 5 heteroatoms. The van der Waals surface area contributed by atoms with Crippen molar-refractivity contribution >= 4 is 11.3 Å². The van der Waals surface area contributed by atoms with Crippen molar-refractivity contribution in [3.05, 3.63) is 49.3 Å². The first-order chi connectivity index (χ1) is 10.2. The SMILES string of the molecule is Cc1ccsc1CN1CCc2nc(C3CC3)[nH]c(=O)c2C1. The third kappa shape index (κ3) is 2.56. The Morgan fingerprint density at radius 2 is 2.33 bits per heavy atom. The summed E-state index contributed by atoms with van der Waals surface area (Å²) in [7, 11) is 0. The van der Waals surface area contributed by atoms with E-state index in [4.69, 9.17) is 4.98 Å². The van der Waals surface area contributed by atoms with Gasteiger partial charge in [-0.1, -0.05) is 0 Å². The summed E-state index contributed by atoms with van der Waals surface area (Å²) < 4.78 is 0. The van der Waals surface area contributed by atoms with E-state index < -0.39 is 0 Å². The zero-order valence-corrected chi connectivity index (χ0v) is 13.0. The Morgan fingerprint density at radius 3 is 3.05 bits per heavy atom.